The van der Waals surface area contributed by atoms with Crippen LogP contribution in [-0.4, -0.2) is 42.8 Å². The van der Waals surface area contributed by atoms with Crippen LogP contribution in [0.2, 0.25) is 0 Å². The Labute approximate surface area is 134 Å². The molecule has 23 heavy (non-hydrogen) atoms. The number of ether oxygens (including phenoxy) is 3. The summed E-state index contributed by atoms with van der Waals surface area (Å²) in [7, 11) is 0. The van der Waals surface area contributed by atoms with Gasteiger partial charge < -0.3 is 19.1 Å². The molecule has 1 fully saturated rings. The molecule has 3 rings (SSSR count). The fourth-order valence-electron chi connectivity index (χ4n) is 2.64. The number of amides is 1. The van der Waals surface area contributed by atoms with Gasteiger partial charge in [-0.2, -0.15) is 0 Å². The van der Waals surface area contributed by atoms with Crippen molar-refractivity contribution in [3.05, 3.63) is 29.8 Å². The minimum atomic E-state index is -0.762. The van der Waals surface area contributed by atoms with E-state index in [4.69, 9.17) is 14.2 Å². The molecular weight excluding hydrogens is 298 g/mol. The fraction of sp³-hybridized carbons (Fsp3) is 0.412. The van der Waals surface area contributed by atoms with E-state index in [0.29, 0.717) is 11.5 Å². The van der Waals surface area contributed by atoms with Gasteiger partial charge in [0.15, 0.2) is 17.6 Å². The highest BCUT2D eigenvalue weighted by atomic mass is 16.7. The lowest BCUT2D eigenvalue weighted by atomic mass is 10.2. The van der Waals surface area contributed by atoms with E-state index in [2.05, 4.69) is 0 Å². The van der Waals surface area contributed by atoms with Crippen molar-refractivity contribution in [1.82, 2.24) is 4.90 Å². The highest BCUT2D eigenvalue weighted by Gasteiger charge is 2.25. The van der Waals surface area contributed by atoms with Crippen molar-refractivity contribution in [2.75, 3.05) is 19.9 Å². The second-order valence-corrected chi connectivity index (χ2v) is 5.56. The number of carbonyl (C=O) groups excluding carboxylic acids is 2. The molecule has 1 aromatic rings. The molecular formula is C17H19NO5. The molecule has 6 heteroatoms. The number of benzene rings is 1. The van der Waals surface area contributed by atoms with E-state index in [9.17, 15) is 9.59 Å². The van der Waals surface area contributed by atoms with Crippen molar-refractivity contribution < 1.29 is 23.8 Å². The summed E-state index contributed by atoms with van der Waals surface area (Å²) in [4.78, 5) is 25.7. The van der Waals surface area contributed by atoms with Crippen molar-refractivity contribution in [2.24, 2.45) is 0 Å². The summed E-state index contributed by atoms with van der Waals surface area (Å²) >= 11 is 0. The maximum absolute atomic E-state index is 12.1. The molecule has 0 spiro atoms. The number of hydrogen-bond acceptors (Lipinski definition) is 5. The first-order valence-electron chi connectivity index (χ1n) is 7.70. The van der Waals surface area contributed by atoms with Gasteiger partial charge in [-0.3, -0.25) is 4.79 Å². The van der Waals surface area contributed by atoms with Crippen molar-refractivity contribution >= 4 is 18.0 Å². The predicted octanol–water partition coefficient (Wildman–Crippen LogP) is 1.98. The maximum atomic E-state index is 12.1. The topological polar surface area (TPSA) is 65.1 Å². The number of fused-ring (bicyclic) bond motifs is 1. The van der Waals surface area contributed by atoms with Gasteiger partial charge in [-0.1, -0.05) is 6.07 Å². The second-order valence-electron chi connectivity index (χ2n) is 5.56. The molecule has 2 aliphatic rings. The number of hydrogen-bond donors (Lipinski definition) is 0. The van der Waals surface area contributed by atoms with Crippen molar-refractivity contribution in [2.45, 2.75) is 25.9 Å². The number of rotatable bonds is 4. The third-order valence-electron chi connectivity index (χ3n) is 3.87. The molecule has 6 nitrogen and oxygen atoms in total. The van der Waals surface area contributed by atoms with Gasteiger partial charge in [0.25, 0.3) is 5.91 Å². The largest absolute Gasteiger partial charge is 0.454 e. The number of nitrogens with zero attached hydrogens (tertiary/aromatic N) is 1. The fourth-order valence-corrected chi connectivity index (χ4v) is 2.64. The summed E-state index contributed by atoms with van der Waals surface area (Å²) in [6.07, 6.45) is 4.19. The molecule has 122 valence electrons. The van der Waals surface area contributed by atoms with Gasteiger partial charge in [-0.15, -0.1) is 0 Å². The van der Waals surface area contributed by atoms with Crippen molar-refractivity contribution in [3.63, 3.8) is 0 Å². The van der Waals surface area contributed by atoms with Crippen LogP contribution in [0.25, 0.3) is 6.08 Å². The Bertz CT molecular complexity index is 634. The molecule has 0 unspecified atom stereocenters. The zero-order valence-corrected chi connectivity index (χ0v) is 13.0. The summed E-state index contributed by atoms with van der Waals surface area (Å²) in [5.41, 5.74) is 0.796. The van der Waals surface area contributed by atoms with Crippen molar-refractivity contribution in [3.8, 4) is 11.5 Å². The van der Waals surface area contributed by atoms with Gasteiger partial charge in [-0.05, 0) is 43.5 Å². The summed E-state index contributed by atoms with van der Waals surface area (Å²) in [5, 5.41) is 0. The normalized spacial score (nSPS) is 17.5. The number of likely N-dealkylation sites (tertiary alicyclic amines) is 1. The zero-order chi connectivity index (χ0) is 16.2. The average molecular weight is 317 g/mol. The van der Waals surface area contributed by atoms with E-state index < -0.39 is 12.1 Å². The molecule has 0 aromatic heterocycles. The Hall–Kier alpha value is -2.50. The molecule has 1 saturated heterocycles. The Balaban J connectivity index is 1.55. The molecule has 0 saturated carbocycles. The smallest absolute Gasteiger partial charge is 0.331 e. The maximum Gasteiger partial charge on any atom is 0.331 e. The van der Waals surface area contributed by atoms with Gasteiger partial charge in [0.05, 0.1) is 0 Å². The Morgan fingerprint density at radius 3 is 2.74 bits per heavy atom. The SMILES string of the molecule is C[C@@H](OC(=O)/C=C/c1ccc2c(c1)OCO2)C(=O)N1CCCC1. The lowest BCUT2D eigenvalue weighted by Gasteiger charge is -2.19. The molecule has 2 heterocycles. The lowest BCUT2D eigenvalue weighted by Crippen LogP contribution is -2.37. The van der Waals surface area contributed by atoms with Crippen LogP contribution in [0, 0.1) is 0 Å². The van der Waals surface area contributed by atoms with Gasteiger partial charge in [0.2, 0.25) is 6.79 Å². The van der Waals surface area contributed by atoms with Crippen LogP contribution in [0.1, 0.15) is 25.3 Å². The van der Waals surface area contributed by atoms with E-state index >= 15 is 0 Å². The van der Waals surface area contributed by atoms with E-state index in [1.165, 1.54) is 6.08 Å². The molecule has 1 atom stereocenters. The Morgan fingerprint density at radius 2 is 1.96 bits per heavy atom. The van der Waals surface area contributed by atoms with Crippen LogP contribution in [0.5, 0.6) is 11.5 Å². The molecule has 0 N–H and O–H groups in total. The molecule has 0 aliphatic carbocycles. The minimum absolute atomic E-state index is 0.132. The van der Waals surface area contributed by atoms with Crippen LogP contribution < -0.4 is 9.47 Å². The van der Waals surface area contributed by atoms with Gasteiger partial charge in [0, 0.05) is 19.2 Å². The summed E-state index contributed by atoms with van der Waals surface area (Å²) < 4.78 is 15.7. The Morgan fingerprint density at radius 1 is 1.22 bits per heavy atom. The minimum Gasteiger partial charge on any atom is -0.454 e. The van der Waals surface area contributed by atoms with Crippen LogP contribution in [0.15, 0.2) is 24.3 Å². The monoisotopic (exact) mass is 317 g/mol. The van der Waals surface area contributed by atoms with Gasteiger partial charge in [0.1, 0.15) is 0 Å². The lowest BCUT2D eigenvalue weighted by molar-refractivity contribution is -0.154. The Kier molecular flexibility index (Phi) is 4.50. The standard InChI is InChI=1S/C17H19NO5/c1-12(17(20)18-8-2-3-9-18)23-16(19)7-5-13-4-6-14-15(10-13)22-11-21-14/h4-7,10,12H,2-3,8-9,11H2,1H3/b7-5+/t12-/m1/s1. The molecule has 1 aromatic carbocycles. The third kappa shape index (κ3) is 3.64. The van der Waals surface area contributed by atoms with Crippen LogP contribution >= 0.6 is 0 Å². The molecule has 1 amide bonds. The van der Waals surface area contributed by atoms with E-state index in [1.54, 1.807) is 30.0 Å². The second kappa shape index (κ2) is 6.73. The number of esters is 1. The summed E-state index contributed by atoms with van der Waals surface area (Å²) in [5.74, 6) is 0.669. The quantitative estimate of drug-likeness (QED) is 0.627. The summed E-state index contributed by atoms with van der Waals surface area (Å²) in [6.45, 7) is 3.30. The van der Waals surface area contributed by atoms with E-state index in [1.807, 2.05) is 6.07 Å². The van der Waals surface area contributed by atoms with Crippen LogP contribution in [-0.2, 0) is 14.3 Å². The zero-order valence-electron chi connectivity index (χ0n) is 13.0. The number of carbonyl (C=O) groups is 2. The highest BCUT2D eigenvalue weighted by molar-refractivity contribution is 5.90. The van der Waals surface area contributed by atoms with Crippen LogP contribution in [0.4, 0.5) is 0 Å². The van der Waals surface area contributed by atoms with E-state index in [0.717, 1.165) is 31.5 Å². The van der Waals surface area contributed by atoms with Gasteiger partial charge in [-0.25, -0.2) is 4.79 Å². The van der Waals surface area contributed by atoms with Gasteiger partial charge >= 0.3 is 5.97 Å². The molecule has 2 aliphatic heterocycles. The summed E-state index contributed by atoms with van der Waals surface area (Å²) in [6, 6.07) is 5.38. The first kappa shape index (κ1) is 15.4. The van der Waals surface area contributed by atoms with Crippen molar-refractivity contribution in [1.29, 1.82) is 0 Å². The predicted molar refractivity (Wildman–Crippen MR) is 83.0 cm³/mol. The average Bonchev–Trinajstić information content (AvgIpc) is 3.22. The molecule has 0 bridgehead atoms. The first-order valence-corrected chi connectivity index (χ1v) is 7.70. The van der Waals surface area contributed by atoms with Crippen LogP contribution in [0.3, 0.4) is 0 Å². The van der Waals surface area contributed by atoms with E-state index in [-0.39, 0.29) is 12.7 Å². The first-order chi connectivity index (χ1) is 11.1. The molecule has 0 radical (unpaired) electrons. The third-order valence-corrected chi connectivity index (χ3v) is 3.87. The highest BCUT2D eigenvalue weighted by Crippen LogP contribution is 2.32.